The second-order valence-corrected chi connectivity index (χ2v) is 13.1. The number of hydrogen-bond donors (Lipinski definition) is 0. The minimum atomic E-state index is 0.523. The fourth-order valence-corrected chi connectivity index (χ4v) is 7.69. The van der Waals surface area contributed by atoms with Crippen molar-refractivity contribution in [3.63, 3.8) is 0 Å². The van der Waals surface area contributed by atoms with Crippen LogP contribution in [0.4, 0.5) is 0 Å². The third-order valence-electron chi connectivity index (χ3n) is 10.1. The van der Waals surface area contributed by atoms with Crippen LogP contribution in [0.1, 0.15) is 0 Å². The van der Waals surface area contributed by atoms with E-state index in [1.165, 1.54) is 10.8 Å². The molecule has 5 heteroatoms. The molecule has 0 aliphatic carbocycles. The first kappa shape index (κ1) is 28.7. The largest absolute Gasteiger partial charge is 0.455 e. The normalized spacial score (nSPS) is 11.8. The van der Waals surface area contributed by atoms with Gasteiger partial charge >= 0.3 is 0 Å². The lowest BCUT2D eigenvalue weighted by Crippen LogP contribution is -2.01. The predicted octanol–water partition coefficient (Wildman–Crippen LogP) is 12.6. The zero-order valence-corrected chi connectivity index (χ0v) is 27.7. The average Bonchev–Trinajstić information content (AvgIpc) is 3.77. The Morgan fingerprint density at radius 1 is 0.288 bits per heavy atom. The van der Waals surface area contributed by atoms with Gasteiger partial charge in [-0.25, -0.2) is 15.0 Å². The molecule has 0 amide bonds. The maximum Gasteiger partial charge on any atom is 0.167 e. The maximum atomic E-state index is 6.67. The number of hydrogen-bond acceptors (Lipinski definition) is 5. The first-order valence-electron chi connectivity index (χ1n) is 17.4. The summed E-state index contributed by atoms with van der Waals surface area (Å²) in [6.45, 7) is 0. The van der Waals surface area contributed by atoms with E-state index in [0.29, 0.717) is 17.5 Å². The summed E-state index contributed by atoms with van der Waals surface area (Å²) >= 11 is 0. The Labute approximate surface area is 297 Å². The minimum absolute atomic E-state index is 0.523. The molecule has 0 atom stereocenters. The molecule has 5 nitrogen and oxygen atoms in total. The first-order chi connectivity index (χ1) is 25.8. The molecule has 0 unspecified atom stereocenters. The number of nitrogens with zero attached hydrogens (tertiary/aromatic N) is 3. The van der Waals surface area contributed by atoms with Crippen LogP contribution >= 0.6 is 0 Å². The van der Waals surface area contributed by atoms with Gasteiger partial charge in [0.1, 0.15) is 22.3 Å². The van der Waals surface area contributed by atoms with Gasteiger partial charge in [-0.15, -0.1) is 0 Å². The van der Waals surface area contributed by atoms with Crippen LogP contribution in [-0.2, 0) is 0 Å². The van der Waals surface area contributed by atoms with Gasteiger partial charge in [0, 0.05) is 27.1 Å². The van der Waals surface area contributed by atoms with Gasteiger partial charge in [0.15, 0.2) is 17.5 Å². The van der Waals surface area contributed by atoms with Gasteiger partial charge in [-0.1, -0.05) is 133 Å². The van der Waals surface area contributed by atoms with Crippen molar-refractivity contribution >= 4 is 65.4 Å². The highest BCUT2D eigenvalue weighted by Gasteiger charge is 2.22. The summed E-state index contributed by atoms with van der Waals surface area (Å²) in [6, 6.07) is 56.3. The van der Waals surface area contributed by atoms with Crippen molar-refractivity contribution in [2.24, 2.45) is 0 Å². The van der Waals surface area contributed by atoms with Gasteiger partial charge in [-0.2, -0.15) is 0 Å². The van der Waals surface area contributed by atoms with Crippen molar-refractivity contribution in [2.75, 3.05) is 0 Å². The van der Waals surface area contributed by atoms with Gasteiger partial charge < -0.3 is 8.83 Å². The molecule has 8 aromatic carbocycles. The van der Waals surface area contributed by atoms with Crippen molar-refractivity contribution in [3.05, 3.63) is 164 Å². The van der Waals surface area contributed by atoms with E-state index in [2.05, 4.69) is 121 Å². The zero-order chi connectivity index (χ0) is 34.2. The highest BCUT2D eigenvalue weighted by Crippen LogP contribution is 2.41. The van der Waals surface area contributed by atoms with Crippen LogP contribution < -0.4 is 0 Å². The molecule has 0 spiro atoms. The van der Waals surface area contributed by atoms with E-state index in [1.54, 1.807) is 0 Å². The molecule has 0 saturated carbocycles. The molecular weight excluding hydrogens is 639 g/mol. The Balaban J connectivity index is 1.20. The minimum Gasteiger partial charge on any atom is -0.455 e. The van der Waals surface area contributed by atoms with E-state index in [9.17, 15) is 0 Å². The first-order valence-corrected chi connectivity index (χ1v) is 17.4. The summed E-state index contributed by atoms with van der Waals surface area (Å²) in [5, 5.41) is 8.76. The summed E-state index contributed by atoms with van der Waals surface area (Å²) in [5.74, 6) is 1.61. The van der Waals surface area contributed by atoms with Crippen LogP contribution in [0.2, 0.25) is 0 Å². The third-order valence-corrected chi connectivity index (χ3v) is 10.1. The lowest BCUT2D eigenvalue weighted by atomic mass is 9.94. The molecule has 0 radical (unpaired) electrons. The quantitative estimate of drug-likeness (QED) is 0.187. The molecule has 242 valence electrons. The van der Waals surface area contributed by atoms with Crippen LogP contribution in [0.25, 0.3) is 111 Å². The van der Waals surface area contributed by atoms with Crippen LogP contribution in [0.5, 0.6) is 0 Å². The fraction of sp³-hybridized carbons (Fsp3) is 0. The number of fused-ring (bicyclic) bond motifs is 8. The van der Waals surface area contributed by atoms with Crippen molar-refractivity contribution in [2.45, 2.75) is 0 Å². The summed E-state index contributed by atoms with van der Waals surface area (Å²) in [5.41, 5.74) is 7.77. The molecule has 0 saturated heterocycles. The van der Waals surface area contributed by atoms with Crippen LogP contribution in [0, 0.1) is 0 Å². The number of rotatable bonds is 4. The van der Waals surface area contributed by atoms with E-state index >= 15 is 0 Å². The molecule has 0 aliphatic rings. The second kappa shape index (κ2) is 11.2. The van der Waals surface area contributed by atoms with Crippen LogP contribution in [-0.4, -0.2) is 15.0 Å². The average molecular weight is 666 g/mol. The van der Waals surface area contributed by atoms with E-state index in [0.717, 1.165) is 82.5 Å². The maximum absolute atomic E-state index is 6.67. The predicted molar refractivity (Wildman–Crippen MR) is 211 cm³/mol. The molecule has 0 fully saturated rings. The monoisotopic (exact) mass is 665 g/mol. The number of furan rings is 2. The molecule has 3 aromatic heterocycles. The number of benzene rings is 8. The van der Waals surface area contributed by atoms with Crippen LogP contribution in [0.3, 0.4) is 0 Å². The molecular formula is C47H27N3O2. The molecule has 0 bridgehead atoms. The van der Waals surface area contributed by atoms with Gasteiger partial charge in [-0.05, 0) is 63.0 Å². The summed E-state index contributed by atoms with van der Waals surface area (Å²) in [4.78, 5) is 15.7. The fourth-order valence-electron chi connectivity index (χ4n) is 7.69. The third kappa shape index (κ3) is 4.39. The summed E-state index contributed by atoms with van der Waals surface area (Å²) in [7, 11) is 0. The van der Waals surface area contributed by atoms with E-state index in [-0.39, 0.29) is 0 Å². The number of aromatic nitrogens is 3. The van der Waals surface area contributed by atoms with Crippen molar-refractivity contribution in [1.82, 2.24) is 15.0 Å². The Morgan fingerprint density at radius 2 is 0.750 bits per heavy atom. The van der Waals surface area contributed by atoms with E-state index < -0.39 is 0 Å². The van der Waals surface area contributed by atoms with E-state index in [1.807, 2.05) is 42.5 Å². The van der Waals surface area contributed by atoms with Crippen molar-refractivity contribution in [3.8, 4) is 45.3 Å². The lowest BCUT2D eigenvalue weighted by molar-refractivity contribution is 0.669. The van der Waals surface area contributed by atoms with Gasteiger partial charge in [-0.3, -0.25) is 0 Å². The van der Waals surface area contributed by atoms with Crippen molar-refractivity contribution < 1.29 is 8.83 Å². The lowest BCUT2D eigenvalue weighted by Gasteiger charge is -2.13. The summed E-state index contributed by atoms with van der Waals surface area (Å²) < 4.78 is 13.2. The SMILES string of the molecule is c1ccc(-c2cccc3ccccc23)c(-c2nc(-c3cccc4c3oc3ccccc34)nc(-c3cccc4c3oc3cc5ccccc5cc34)n2)c1. The van der Waals surface area contributed by atoms with E-state index in [4.69, 9.17) is 23.8 Å². The second-order valence-electron chi connectivity index (χ2n) is 13.1. The highest BCUT2D eigenvalue weighted by molar-refractivity contribution is 6.13. The molecule has 0 N–H and O–H groups in total. The van der Waals surface area contributed by atoms with Gasteiger partial charge in [0.2, 0.25) is 0 Å². The standard InChI is InChI=1S/C47H27N3O2/c1-2-14-30-27-42-40(26-29(30)13-1)36-22-11-24-39(44(36)52-42)47-49-45(37-19-6-5-17-33(37)32-20-9-15-28-12-3-4-16-31(28)32)48-46(50-47)38-23-10-21-35-34-18-7-8-25-41(34)51-43(35)38/h1-27H. The number of para-hydroxylation sites is 3. The molecule has 11 rings (SSSR count). The summed E-state index contributed by atoms with van der Waals surface area (Å²) in [6.07, 6.45) is 0. The van der Waals surface area contributed by atoms with Crippen LogP contribution in [0.15, 0.2) is 173 Å². The van der Waals surface area contributed by atoms with Crippen molar-refractivity contribution in [1.29, 1.82) is 0 Å². The topological polar surface area (TPSA) is 65.0 Å². The molecule has 52 heavy (non-hydrogen) atoms. The molecule has 11 aromatic rings. The smallest absolute Gasteiger partial charge is 0.167 e. The van der Waals surface area contributed by atoms with Gasteiger partial charge in [0.25, 0.3) is 0 Å². The highest BCUT2D eigenvalue weighted by atomic mass is 16.3. The van der Waals surface area contributed by atoms with Gasteiger partial charge in [0.05, 0.1) is 11.1 Å². The molecule has 3 heterocycles. The Kier molecular flexibility index (Phi) is 6.18. The Bertz CT molecular complexity index is 3200. The zero-order valence-electron chi connectivity index (χ0n) is 27.7. The molecule has 0 aliphatic heterocycles. The Hall–Kier alpha value is -7.11. The Morgan fingerprint density at radius 3 is 1.50 bits per heavy atom.